The quantitative estimate of drug-likeness (QED) is 0.205. The Morgan fingerprint density at radius 3 is 2.79 bits per heavy atom. The Bertz CT molecular complexity index is 999. The predicted molar refractivity (Wildman–Crippen MR) is 116 cm³/mol. The molecule has 0 unspecified atom stereocenters. The Labute approximate surface area is 177 Å². The van der Waals surface area contributed by atoms with Crippen LogP contribution in [0.25, 0.3) is 0 Å². The minimum absolute atomic E-state index is 0.134. The van der Waals surface area contributed by atoms with Crippen LogP contribution >= 0.6 is 39.0 Å². The summed E-state index contributed by atoms with van der Waals surface area (Å²) >= 11 is 5.95. The number of hydrazone groups is 1. The van der Waals surface area contributed by atoms with Gasteiger partial charge in [-0.25, -0.2) is 15.1 Å². The number of carbonyl (C=O) groups excluding carboxylic acids is 1. The molecule has 0 radical (unpaired) electrons. The highest BCUT2D eigenvalue weighted by molar-refractivity contribution is 9.10. The summed E-state index contributed by atoms with van der Waals surface area (Å²) in [4.78, 5) is 16.2. The molecule has 1 aromatic carbocycles. The van der Waals surface area contributed by atoms with E-state index in [-0.39, 0.29) is 17.6 Å². The molecule has 2 aromatic heterocycles. The third-order valence-electron chi connectivity index (χ3n) is 3.45. The molecule has 3 rings (SSSR count). The van der Waals surface area contributed by atoms with Crippen LogP contribution in [0.4, 0.5) is 11.1 Å². The number of benzene rings is 1. The number of halogens is 1. The standard InChI is InChI=1S/C16H17BrN8OS2/c1-9-7-27-15(19-9)20-13(26)8-28-16-24-23-14(25(16)18)22-21-10(2)11-3-5-12(17)6-4-11/h3-7H,8,18H2,1-2H3,(H,22,23)(H,19,20,26)/b21-10+. The van der Waals surface area contributed by atoms with Gasteiger partial charge in [0.2, 0.25) is 11.1 Å². The molecule has 4 N–H and O–H groups in total. The van der Waals surface area contributed by atoms with Crippen molar-refractivity contribution in [2.24, 2.45) is 5.10 Å². The van der Waals surface area contributed by atoms with Gasteiger partial charge in [0.05, 0.1) is 17.2 Å². The van der Waals surface area contributed by atoms with Crippen molar-refractivity contribution >= 4 is 61.7 Å². The molecule has 0 aliphatic carbocycles. The van der Waals surface area contributed by atoms with Crippen LogP contribution in [0.3, 0.4) is 0 Å². The number of nitrogens with two attached hydrogens (primary N) is 1. The summed E-state index contributed by atoms with van der Waals surface area (Å²) in [6.45, 7) is 3.74. The van der Waals surface area contributed by atoms with E-state index < -0.39 is 0 Å². The second-order valence-corrected chi connectivity index (χ2v) is 8.34. The molecule has 0 spiro atoms. The van der Waals surface area contributed by atoms with Gasteiger partial charge in [0, 0.05) is 9.85 Å². The highest BCUT2D eigenvalue weighted by Gasteiger charge is 2.13. The van der Waals surface area contributed by atoms with Crippen molar-refractivity contribution in [3.63, 3.8) is 0 Å². The maximum absolute atomic E-state index is 12.0. The third-order valence-corrected chi connectivity index (χ3v) is 5.80. The van der Waals surface area contributed by atoms with E-state index >= 15 is 0 Å². The summed E-state index contributed by atoms with van der Waals surface area (Å²) in [5, 5.41) is 17.8. The zero-order valence-electron chi connectivity index (χ0n) is 15.0. The minimum atomic E-state index is -0.194. The highest BCUT2D eigenvalue weighted by atomic mass is 79.9. The molecule has 1 amide bonds. The van der Waals surface area contributed by atoms with E-state index in [0.29, 0.717) is 10.3 Å². The summed E-state index contributed by atoms with van der Waals surface area (Å²) in [5.41, 5.74) is 5.39. The second-order valence-electron chi connectivity index (χ2n) is 5.62. The van der Waals surface area contributed by atoms with Crippen molar-refractivity contribution < 1.29 is 4.79 Å². The summed E-state index contributed by atoms with van der Waals surface area (Å²) in [6.07, 6.45) is 0. The fraction of sp³-hybridized carbons (Fsp3) is 0.188. The molecule has 146 valence electrons. The summed E-state index contributed by atoms with van der Waals surface area (Å²) in [5.74, 6) is 6.19. The van der Waals surface area contributed by atoms with Gasteiger partial charge < -0.3 is 11.2 Å². The largest absolute Gasteiger partial charge is 0.334 e. The molecule has 0 bridgehead atoms. The Hall–Kier alpha value is -2.44. The van der Waals surface area contributed by atoms with Crippen LogP contribution in [0.5, 0.6) is 0 Å². The summed E-state index contributed by atoms with van der Waals surface area (Å²) in [6, 6.07) is 7.77. The monoisotopic (exact) mass is 480 g/mol. The fourth-order valence-corrected chi connectivity index (χ4v) is 3.66. The number of nitrogens with zero attached hydrogens (tertiary/aromatic N) is 5. The number of aromatic nitrogens is 4. The predicted octanol–water partition coefficient (Wildman–Crippen LogP) is 3.09. The van der Waals surface area contributed by atoms with Crippen LogP contribution < -0.4 is 16.6 Å². The average Bonchev–Trinajstić information content (AvgIpc) is 3.24. The zero-order valence-corrected chi connectivity index (χ0v) is 18.2. The molecule has 3 aromatic rings. The van der Waals surface area contributed by atoms with E-state index in [1.165, 1.54) is 27.8 Å². The normalized spacial score (nSPS) is 11.5. The number of carbonyl (C=O) groups is 1. The van der Waals surface area contributed by atoms with Crippen molar-refractivity contribution in [1.82, 2.24) is 19.9 Å². The van der Waals surface area contributed by atoms with Crippen molar-refractivity contribution in [3.05, 3.63) is 45.4 Å². The van der Waals surface area contributed by atoms with Crippen LogP contribution in [0.2, 0.25) is 0 Å². The lowest BCUT2D eigenvalue weighted by Gasteiger charge is -2.05. The first kappa shape index (κ1) is 20.3. The molecule has 0 aliphatic heterocycles. The lowest BCUT2D eigenvalue weighted by atomic mass is 10.1. The smallest absolute Gasteiger partial charge is 0.264 e. The molecule has 28 heavy (non-hydrogen) atoms. The van der Waals surface area contributed by atoms with Crippen LogP contribution in [-0.2, 0) is 4.79 Å². The van der Waals surface area contributed by atoms with Crippen molar-refractivity contribution in [3.8, 4) is 0 Å². The third kappa shape index (κ3) is 5.30. The van der Waals surface area contributed by atoms with Crippen molar-refractivity contribution in [2.45, 2.75) is 19.0 Å². The Kier molecular flexibility index (Phi) is 6.65. The average molecular weight is 481 g/mol. The van der Waals surface area contributed by atoms with E-state index in [9.17, 15) is 4.79 Å². The maximum atomic E-state index is 12.0. The van der Waals surface area contributed by atoms with Gasteiger partial charge in [-0.15, -0.1) is 21.5 Å². The number of amides is 1. The van der Waals surface area contributed by atoms with Gasteiger partial charge in [-0.2, -0.15) is 5.10 Å². The molecule has 12 heteroatoms. The van der Waals surface area contributed by atoms with Gasteiger partial charge in [-0.1, -0.05) is 39.8 Å². The van der Waals surface area contributed by atoms with Crippen LogP contribution in [0, 0.1) is 6.92 Å². The molecule has 0 saturated heterocycles. The number of hydrogen-bond donors (Lipinski definition) is 3. The lowest BCUT2D eigenvalue weighted by Crippen LogP contribution is -2.17. The minimum Gasteiger partial charge on any atom is -0.334 e. The van der Waals surface area contributed by atoms with E-state index in [2.05, 4.69) is 47.0 Å². The van der Waals surface area contributed by atoms with Gasteiger partial charge in [0.15, 0.2) is 5.13 Å². The van der Waals surface area contributed by atoms with Gasteiger partial charge in [0.1, 0.15) is 0 Å². The van der Waals surface area contributed by atoms with Gasteiger partial charge in [-0.05, 0) is 31.5 Å². The van der Waals surface area contributed by atoms with E-state index in [0.717, 1.165) is 21.4 Å². The van der Waals surface area contributed by atoms with E-state index in [4.69, 9.17) is 5.84 Å². The number of rotatable bonds is 7. The fourth-order valence-electron chi connectivity index (χ4n) is 2.04. The maximum Gasteiger partial charge on any atom is 0.264 e. The number of nitrogens with one attached hydrogen (secondary N) is 2. The van der Waals surface area contributed by atoms with E-state index in [1.54, 1.807) is 0 Å². The highest BCUT2D eigenvalue weighted by Crippen LogP contribution is 2.19. The zero-order chi connectivity index (χ0) is 20.1. The molecule has 0 saturated carbocycles. The molecule has 9 nitrogen and oxygen atoms in total. The van der Waals surface area contributed by atoms with Gasteiger partial charge in [-0.3, -0.25) is 4.79 Å². The van der Waals surface area contributed by atoms with Crippen molar-refractivity contribution in [1.29, 1.82) is 0 Å². The number of nitrogen functional groups attached to an aromatic ring is 1. The second kappa shape index (κ2) is 9.17. The molecule has 2 heterocycles. The molecular weight excluding hydrogens is 464 g/mol. The first-order valence-corrected chi connectivity index (χ1v) is 10.7. The van der Waals surface area contributed by atoms with E-state index in [1.807, 2.05) is 43.5 Å². The Balaban J connectivity index is 1.56. The van der Waals surface area contributed by atoms with Crippen LogP contribution in [0.15, 0.2) is 44.4 Å². The van der Waals surface area contributed by atoms with Gasteiger partial charge >= 0.3 is 0 Å². The van der Waals surface area contributed by atoms with Crippen molar-refractivity contribution in [2.75, 3.05) is 22.3 Å². The molecule has 0 fully saturated rings. The number of thioether (sulfide) groups is 1. The van der Waals surface area contributed by atoms with Crippen LogP contribution in [-0.4, -0.2) is 37.2 Å². The summed E-state index contributed by atoms with van der Waals surface area (Å²) < 4.78 is 2.25. The lowest BCUT2D eigenvalue weighted by molar-refractivity contribution is -0.113. The number of hydrogen-bond acceptors (Lipinski definition) is 9. The molecule has 0 atom stereocenters. The number of anilines is 2. The van der Waals surface area contributed by atoms with Crippen LogP contribution in [0.1, 0.15) is 18.2 Å². The molecule has 0 aliphatic rings. The number of thiazole rings is 1. The number of aryl methyl sites for hydroxylation is 1. The first-order chi connectivity index (χ1) is 13.4. The summed E-state index contributed by atoms with van der Waals surface area (Å²) in [7, 11) is 0. The van der Waals surface area contributed by atoms with Gasteiger partial charge in [0.25, 0.3) is 5.95 Å². The Morgan fingerprint density at radius 1 is 1.36 bits per heavy atom. The topological polar surface area (TPSA) is 123 Å². The SMILES string of the molecule is C/C(=N\Nc1nnc(SCC(=O)Nc2nc(C)cs2)n1N)c1ccc(Br)cc1. The Morgan fingerprint density at radius 2 is 2.11 bits per heavy atom. The molecular formula is C16H17BrN8OS2. The first-order valence-electron chi connectivity index (χ1n) is 8.04.